The highest BCUT2D eigenvalue weighted by molar-refractivity contribution is 6.33. The summed E-state index contributed by atoms with van der Waals surface area (Å²) in [7, 11) is 0. The van der Waals surface area contributed by atoms with Crippen LogP contribution in [0.25, 0.3) is 0 Å². The number of nitrogens with one attached hydrogen (secondary N) is 2. The summed E-state index contributed by atoms with van der Waals surface area (Å²) in [5.74, 6) is -1.05. The van der Waals surface area contributed by atoms with Gasteiger partial charge in [-0.1, -0.05) is 60.1 Å². The Balaban J connectivity index is 1.60. The van der Waals surface area contributed by atoms with E-state index in [9.17, 15) is 27.9 Å². The fourth-order valence-electron chi connectivity index (χ4n) is 4.22. The monoisotopic (exact) mass is 553 g/mol. The molecule has 10 heteroatoms. The fraction of sp³-hybridized carbons (Fsp3) is 0.138. The number of benzene rings is 3. The summed E-state index contributed by atoms with van der Waals surface area (Å²) >= 11 is 5.97. The van der Waals surface area contributed by atoms with E-state index in [0.717, 1.165) is 0 Å². The molecule has 200 valence electrons. The van der Waals surface area contributed by atoms with Crippen molar-refractivity contribution in [3.63, 3.8) is 0 Å². The van der Waals surface area contributed by atoms with E-state index in [1.54, 1.807) is 38.1 Å². The first-order valence-corrected chi connectivity index (χ1v) is 12.1. The van der Waals surface area contributed by atoms with Crippen molar-refractivity contribution in [3.05, 3.63) is 124 Å². The number of hydrogen-bond acceptors (Lipinski definition) is 4. The molecule has 3 N–H and O–H groups in total. The quantitative estimate of drug-likeness (QED) is 0.233. The summed E-state index contributed by atoms with van der Waals surface area (Å²) in [5.41, 5.74) is -2.28. The maximum Gasteiger partial charge on any atom is 0.425 e. The van der Waals surface area contributed by atoms with E-state index in [4.69, 9.17) is 11.6 Å². The average molecular weight is 554 g/mol. The van der Waals surface area contributed by atoms with E-state index >= 15 is 0 Å². The molecule has 0 saturated heterocycles. The van der Waals surface area contributed by atoms with Crippen LogP contribution in [0.1, 0.15) is 43.0 Å². The van der Waals surface area contributed by atoms with Gasteiger partial charge in [0.25, 0.3) is 11.8 Å². The Hall–Kier alpha value is -4.21. The van der Waals surface area contributed by atoms with Crippen molar-refractivity contribution in [2.45, 2.75) is 25.6 Å². The third-order valence-electron chi connectivity index (χ3n) is 6.18. The minimum absolute atomic E-state index is 0.0305. The molecule has 0 radical (unpaired) electrons. The molecule has 1 atom stereocenters. The van der Waals surface area contributed by atoms with Gasteiger partial charge in [-0.3, -0.25) is 9.59 Å². The lowest BCUT2D eigenvalue weighted by Gasteiger charge is -2.32. The Labute approximate surface area is 227 Å². The van der Waals surface area contributed by atoms with Gasteiger partial charge < -0.3 is 15.7 Å². The van der Waals surface area contributed by atoms with Gasteiger partial charge in [-0.15, -0.1) is 0 Å². The molecular formula is C29H23ClF3N3O3. The van der Waals surface area contributed by atoms with Crippen molar-refractivity contribution in [3.8, 4) is 0 Å². The Kier molecular flexibility index (Phi) is 7.76. The number of halogens is 4. The van der Waals surface area contributed by atoms with Gasteiger partial charge >= 0.3 is 6.18 Å². The van der Waals surface area contributed by atoms with E-state index in [1.807, 2.05) is 0 Å². The second-order valence-electron chi connectivity index (χ2n) is 8.89. The summed E-state index contributed by atoms with van der Waals surface area (Å²) in [6.45, 7) is 3.09. The SMILES string of the molecule is Cc1cc(C(O)(c2ccccc2)C(F)(F)F)cc(C)c1NC(=O)c1cccc(NC(=O)c2cccnc2Cl)c1. The summed E-state index contributed by atoms with van der Waals surface area (Å²) < 4.78 is 42.5. The van der Waals surface area contributed by atoms with Crippen LogP contribution in [0.15, 0.2) is 85.1 Å². The summed E-state index contributed by atoms with van der Waals surface area (Å²) in [6.07, 6.45) is -3.55. The number of aryl methyl sites for hydroxylation is 2. The molecule has 0 saturated carbocycles. The molecule has 39 heavy (non-hydrogen) atoms. The largest absolute Gasteiger partial charge is 0.425 e. The molecule has 4 rings (SSSR count). The molecular weight excluding hydrogens is 531 g/mol. The summed E-state index contributed by atoms with van der Waals surface area (Å²) in [6, 6.07) is 18.4. The zero-order valence-corrected chi connectivity index (χ0v) is 21.6. The second kappa shape index (κ2) is 10.9. The molecule has 0 aliphatic heterocycles. The number of pyridine rings is 1. The highest BCUT2D eigenvalue weighted by Crippen LogP contribution is 2.45. The molecule has 0 aliphatic carbocycles. The Bertz CT molecular complexity index is 1520. The number of hydrogen-bond donors (Lipinski definition) is 3. The highest BCUT2D eigenvalue weighted by atomic mass is 35.5. The van der Waals surface area contributed by atoms with Crippen LogP contribution in [0.2, 0.25) is 5.15 Å². The number of carbonyl (C=O) groups is 2. The van der Waals surface area contributed by atoms with Crippen LogP contribution in [0.5, 0.6) is 0 Å². The number of rotatable bonds is 6. The van der Waals surface area contributed by atoms with Crippen LogP contribution in [-0.2, 0) is 5.60 Å². The first kappa shape index (κ1) is 27.8. The smallest absolute Gasteiger partial charge is 0.372 e. The highest BCUT2D eigenvalue weighted by Gasteiger charge is 2.56. The second-order valence-corrected chi connectivity index (χ2v) is 9.25. The molecule has 1 heterocycles. The summed E-state index contributed by atoms with van der Waals surface area (Å²) in [4.78, 5) is 29.5. The third-order valence-corrected chi connectivity index (χ3v) is 6.48. The van der Waals surface area contributed by atoms with E-state index in [0.29, 0.717) is 22.5 Å². The number of aromatic nitrogens is 1. The number of anilines is 2. The predicted octanol–water partition coefficient (Wildman–Crippen LogP) is 6.65. The number of aliphatic hydroxyl groups is 1. The topological polar surface area (TPSA) is 91.3 Å². The van der Waals surface area contributed by atoms with Crippen LogP contribution in [0.3, 0.4) is 0 Å². The maximum atomic E-state index is 14.2. The van der Waals surface area contributed by atoms with Gasteiger partial charge in [-0.2, -0.15) is 13.2 Å². The molecule has 1 unspecified atom stereocenters. The van der Waals surface area contributed by atoms with Gasteiger partial charge in [0.2, 0.25) is 5.60 Å². The van der Waals surface area contributed by atoms with Crippen molar-refractivity contribution >= 4 is 34.8 Å². The third kappa shape index (κ3) is 5.64. The van der Waals surface area contributed by atoms with E-state index in [1.165, 1.54) is 60.8 Å². The van der Waals surface area contributed by atoms with Gasteiger partial charge in [0, 0.05) is 23.1 Å². The van der Waals surface area contributed by atoms with E-state index in [-0.39, 0.29) is 27.4 Å². The molecule has 0 bridgehead atoms. The van der Waals surface area contributed by atoms with Crippen LogP contribution >= 0.6 is 11.6 Å². The standard InChI is InChI=1S/C29H23ClF3N3O3/c1-17-14-21(28(39,29(31,32)33)20-9-4-3-5-10-20)15-18(2)24(17)36-26(37)19-8-6-11-22(16-19)35-27(38)23-12-7-13-34-25(23)30/h3-16,39H,1-2H3,(H,35,38)(H,36,37). The number of nitrogens with zero attached hydrogens (tertiary/aromatic N) is 1. The first-order chi connectivity index (χ1) is 18.4. The lowest BCUT2D eigenvalue weighted by Crippen LogP contribution is -2.43. The van der Waals surface area contributed by atoms with E-state index in [2.05, 4.69) is 15.6 Å². The van der Waals surface area contributed by atoms with Crippen LogP contribution in [-0.4, -0.2) is 28.1 Å². The maximum absolute atomic E-state index is 14.2. The number of alkyl halides is 3. The van der Waals surface area contributed by atoms with Crippen molar-refractivity contribution in [2.75, 3.05) is 10.6 Å². The zero-order chi connectivity index (χ0) is 28.4. The first-order valence-electron chi connectivity index (χ1n) is 11.7. The molecule has 0 spiro atoms. The minimum atomic E-state index is -5.00. The predicted molar refractivity (Wildman–Crippen MR) is 143 cm³/mol. The van der Waals surface area contributed by atoms with Crippen LogP contribution in [0, 0.1) is 13.8 Å². The average Bonchev–Trinajstić information content (AvgIpc) is 2.90. The van der Waals surface area contributed by atoms with Crippen molar-refractivity contribution < 1.29 is 27.9 Å². The molecule has 3 aromatic carbocycles. The van der Waals surface area contributed by atoms with Crippen LogP contribution < -0.4 is 10.6 Å². The van der Waals surface area contributed by atoms with Gasteiger partial charge in [0.15, 0.2) is 0 Å². The van der Waals surface area contributed by atoms with Gasteiger partial charge in [0.05, 0.1) is 5.56 Å². The number of carbonyl (C=O) groups excluding carboxylic acids is 2. The van der Waals surface area contributed by atoms with Gasteiger partial charge in [-0.05, 0) is 66.4 Å². The van der Waals surface area contributed by atoms with Crippen molar-refractivity contribution in [2.24, 2.45) is 0 Å². The van der Waals surface area contributed by atoms with Crippen LogP contribution in [0.4, 0.5) is 24.5 Å². The molecule has 0 aliphatic rings. The number of amides is 2. The lowest BCUT2D eigenvalue weighted by atomic mass is 9.83. The Morgan fingerprint density at radius 2 is 1.49 bits per heavy atom. The fourth-order valence-corrected chi connectivity index (χ4v) is 4.43. The normalized spacial score (nSPS) is 12.9. The minimum Gasteiger partial charge on any atom is -0.372 e. The molecule has 1 aromatic heterocycles. The molecule has 0 fully saturated rings. The zero-order valence-electron chi connectivity index (χ0n) is 20.8. The van der Waals surface area contributed by atoms with Crippen molar-refractivity contribution in [1.82, 2.24) is 4.98 Å². The molecule has 6 nitrogen and oxygen atoms in total. The van der Waals surface area contributed by atoms with Crippen molar-refractivity contribution in [1.29, 1.82) is 0 Å². The van der Waals surface area contributed by atoms with Gasteiger partial charge in [0.1, 0.15) is 5.15 Å². The Morgan fingerprint density at radius 1 is 0.821 bits per heavy atom. The molecule has 4 aromatic rings. The molecule has 2 amide bonds. The Morgan fingerprint density at radius 3 is 2.10 bits per heavy atom. The van der Waals surface area contributed by atoms with E-state index < -0.39 is 23.6 Å². The summed E-state index contributed by atoms with van der Waals surface area (Å²) in [5, 5.41) is 16.3. The lowest BCUT2D eigenvalue weighted by molar-refractivity contribution is -0.248. The van der Waals surface area contributed by atoms with Gasteiger partial charge in [-0.25, -0.2) is 4.98 Å².